The Morgan fingerprint density at radius 3 is 2.38 bits per heavy atom. The molecule has 0 aliphatic carbocycles. The molecule has 2 aliphatic heterocycles. The normalized spacial score (nSPS) is 15.0. The summed E-state index contributed by atoms with van der Waals surface area (Å²) in [6, 6.07) is 14.9. The highest BCUT2D eigenvalue weighted by Gasteiger charge is 2.28. The van der Waals surface area contributed by atoms with Crippen LogP contribution in [0.1, 0.15) is 16.7 Å². The number of amidine groups is 1. The van der Waals surface area contributed by atoms with Crippen LogP contribution in [0.2, 0.25) is 0 Å². The van der Waals surface area contributed by atoms with Crippen molar-refractivity contribution < 1.29 is 18.3 Å². The minimum atomic E-state index is -0.999. The summed E-state index contributed by atoms with van der Waals surface area (Å²) in [5, 5.41) is 2.64. The SMILES string of the molecule is Cc1ccc2c(c1)Oc1ccc(C)cc1C(N1CCN(C(=O)Nc3ccc(F)c(F)c3)CC1)=N2. The molecule has 2 amide bonds. The van der Waals surface area contributed by atoms with Crippen LogP contribution in [0.3, 0.4) is 0 Å². The van der Waals surface area contributed by atoms with Gasteiger partial charge in [0.1, 0.15) is 17.3 Å². The molecule has 2 aliphatic rings. The Labute approximate surface area is 196 Å². The number of nitrogens with zero attached hydrogens (tertiary/aromatic N) is 3. The van der Waals surface area contributed by atoms with E-state index in [9.17, 15) is 13.6 Å². The van der Waals surface area contributed by atoms with Crippen molar-refractivity contribution in [2.75, 3.05) is 31.5 Å². The molecule has 1 fully saturated rings. The van der Waals surface area contributed by atoms with Crippen molar-refractivity contribution in [1.82, 2.24) is 9.80 Å². The molecule has 174 valence electrons. The van der Waals surface area contributed by atoms with Gasteiger partial charge in [0.25, 0.3) is 0 Å². The number of hydrogen-bond acceptors (Lipinski definition) is 4. The Morgan fingerprint density at radius 2 is 1.62 bits per heavy atom. The molecule has 0 aromatic heterocycles. The van der Waals surface area contributed by atoms with E-state index in [1.54, 1.807) is 4.90 Å². The number of halogens is 2. The largest absolute Gasteiger partial charge is 0.454 e. The number of amides is 2. The molecule has 8 heteroatoms. The number of carbonyl (C=O) groups excluding carboxylic acids is 1. The van der Waals surface area contributed by atoms with E-state index < -0.39 is 11.6 Å². The predicted molar refractivity (Wildman–Crippen MR) is 127 cm³/mol. The van der Waals surface area contributed by atoms with E-state index in [1.165, 1.54) is 6.07 Å². The number of benzene rings is 3. The van der Waals surface area contributed by atoms with Gasteiger partial charge in [-0.25, -0.2) is 18.6 Å². The minimum absolute atomic E-state index is 0.216. The Hall–Kier alpha value is -3.94. The van der Waals surface area contributed by atoms with Crippen LogP contribution in [-0.4, -0.2) is 47.8 Å². The van der Waals surface area contributed by atoms with Gasteiger partial charge in [0, 0.05) is 37.9 Å². The third-order valence-electron chi connectivity index (χ3n) is 5.97. The summed E-state index contributed by atoms with van der Waals surface area (Å²) in [6.07, 6.45) is 0. The average Bonchev–Trinajstić information content (AvgIpc) is 2.97. The quantitative estimate of drug-likeness (QED) is 0.511. The van der Waals surface area contributed by atoms with E-state index in [0.717, 1.165) is 46.1 Å². The van der Waals surface area contributed by atoms with E-state index in [-0.39, 0.29) is 11.7 Å². The summed E-state index contributed by atoms with van der Waals surface area (Å²) in [5.74, 6) is 0.312. The van der Waals surface area contributed by atoms with Gasteiger partial charge in [-0.15, -0.1) is 0 Å². The van der Waals surface area contributed by atoms with Gasteiger partial charge in [-0.3, -0.25) is 0 Å². The maximum atomic E-state index is 13.5. The lowest BCUT2D eigenvalue weighted by Gasteiger charge is -2.36. The highest BCUT2D eigenvalue weighted by atomic mass is 19.2. The fourth-order valence-electron chi connectivity index (χ4n) is 4.13. The first-order valence-corrected chi connectivity index (χ1v) is 11.1. The summed E-state index contributed by atoms with van der Waals surface area (Å²) in [7, 11) is 0. The molecule has 3 aromatic rings. The molecule has 3 aromatic carbocycles. The maximum Gasteiger partial charge on any atom is 0.321 e. The van der Waals surface area contributed by atoms with Gasteiger partial charge in [0.2, 0.25) is 0 Å². The first-order chi connectivity index (χ1) is 16.4. The lowest BCUT2D eigenvalue weighted by molar-refractivity contribution is 0.181. The number of nitrogens with one attached hydrogen (secondary N) is 1. The van der Waals surface area contributed by atoms with E-state index in [1.807, 2.05) is 44.2 Å². The van der Waals surface area contributed by atoms with Gasteiger partial charge in [-0.05, 0) is 55.8 Å². The van der Waals surface area contributed by atoms with Gasteiger partial charge < -0.3 is 19.9 Å². The van der Waals surface area contributed by atoms with Crippen LogP contribution >= 0.6 is 0 Å². The standard InChI is InChI=1S/C26H24F2N4O2/c1-16-4-8-23-19(13-16)25(30-22-7-3-17(2)14-24(22)34-23)31-9-11-32(12-10-31)26(33)29-18-5-6-20(27)21(28)15-18/h3-8,13-15H,9-12H2,1-2H3,(H,29,33). The second kappa shape index (κ2) is 8.78. The molecular formula is C26H24F2N4O2. The summed E-state index contributed by atoms with van der Waals surface area (Å²) < 4.78 is 32.9. The van der Waals surface area contributed by atoms with Crippen LogP contribution in [0.5, 0.6) is 11.5 Å². The predicted octanol–water partition coefficient (Wildman–Crippen LogP) is 5.62. The molecule has 5 rings (SSSR count). The second-order valence-electron chi connectivity index (χ2n) is 8.54. The number of piperazine rings is 1. The van der Waals surface area contributed by atoms with Gasteiger partial charge >= 0.3 is 6.03 Å². The molecule has 0 spiro atoms. The zero-order chi connectivity index (χ0) is 23.8. The van der Waals surface area contributed by atoms with Crippen LogP contribution in [0.15, 0.2) is 59.6 Å². The summed E-state index contributed by atoms with van der Waals surface area (Å²) in [4.78, 5) is 21.4. The van der Waals surface area contributed by atoms with E-state index >= 15 is 0 Å². The smallest absolute Gasteiger partial charge is 0.321 e. The van der Waals surface area contributed by atoms with Crippen molar-refractivity contribution in [3.63, 3.8) is 0 Å². The minimum Gasteiger partial charge on any atom is -0.454 e. The third-order valence-corrected chi connectivity index (χ3v) is 5.97. The van der Waals surface area contributed by atoms with Gasteiger partial charge in [-0.1, -0.05) is 17.7 Å². The van der Waals surface area contributed by atoms with Crippen LogP contribution in [0.25, 0.3) is 0 Å². The molecule has 0 unspecified atom stereocenters. The number of aliphatic imine (C=N–C) groups is 1. The molecular weight excluding hydrogens is 438 g/mol. The number of aryl methyl sites for hydroxylation is 2. The zero-order valence-corrected chi connectivity index (χ0v) is 18.9. The summed E-state index contributed by atoms with van der Waals surface area (Å²) >= 11 is 0. The number of carbonyl (C=O) groups is 1. The number of rotatable bonds is 1. The molecule has 2 heterocycles. The first kappa shape index (κ1) is 21.9. The van der Waals surface area contributed by atoms with E-state index in [4.69, 9.17) is 9.73 Å². The lowest BCUT2D eigenvalue weighted by Crippen LogP contribution is -2.51. The Kier molecular flexibility index (Phi) is 5.65. The van der Waals surface area contributed by atoms with E-state index in [2.05, 4.69) is 16.3 Å². The molecule has 1 N–H and O–H groups in total. The Morgan fingerprint density at radius 1 is 0.882 bits per heavy atom. The van der Waals surface area contributed by atoms with Gasteiger partial charge in [0.15, 0.2) is 17.4 Å². The lowest BCUT2D eigenvalue weighted by atomic mass is 10.1. The highest BCUT2D eigenvalue weighted by Crippen LogP contribution is 2.39. The molecule has 1 saturated heterocycles. The van der Waals surface area contributed by atoms with Gasteiger partial charge in [-0.2, -0.15) is 0 Å². The number of fused-ring (bicyclic) bond motifs is 2. The zero-order valence-electron chi connectivity index (χ0n) is 18.9. The second-order valence-corrected chi connectivity index (χ2v) is 8.54. The van der Waals surface area contributed by atoms with Crippen LogP contribution < -0.4 is 10.1 Å². The topological polar surface area (TPSA) is 57.2 Å². The van der Waals surface area contributed by atoms with Crippen LogP contribution in [-0.2, 0) is 0 Å². The molecule has 34 heavy (non-hydrogen) atoms. The monoisotopic (exact) mass is 462 g/mol. The van der Waals surface area contributed by atoms with Crippen molar-refractivity contribution in [3.8, 4) is 11.5 Å². The number of hydrogen-bond donors (Lipinski definition) is 1. The molecule has 0 saturated carbocycles. The fourth-order valence-corrected chi connectivity index (χ4v) is 4.13. The summed E-state index contributed by atoms with van der Waals surface area (Å²) in [6.45, 7) is 6.09. The molecule has 0 atom stereocenters. The Bertz CT molecular complexity index is 1300. The van der Waals surface area contributed by atoms with Crippen molar-refractivity contribution in [2.45, 2.75) is 13.8 Å². The number of urea groups is 1. The van der Waals surface area contributed by atoms with Crippen molar-refractivity contribution in [2.24, 2.45) is 4.99 Å². The number of ether oxygens (including phenoxy) is 1. The summed E-state index contributed by atoms with van der Waals surface area (Å²) in [5.41, 5.74) is 4.07. The van der Waals surface area contributed by atoms with E-state index in [0.29, 0.717) is 31.9 Å². The highest BCUT2D eigenvalue weighted by molar-refractivity contribution is 6.04. The van der Waals surface area contributed by atoms with Crippen molar-refractivity contribution >= 4 is 23.2 Å². The molecule has 0 radical (unpaired) electrons. The number of anilines is 1. The molecule has 6 nitrogen and oxygen atoms in total. The van der Waals surface area contributed by atoms with Crippen LogP contribution in [0.4, 0.5) is 25.0 Å². The average molecular weight is 463 g/mol. The third kappa shape index (κ3) is 4.31. The van der Waals surface area contributed by atoms with Crippen molar-refractivity contribution in [3.05, 3.63) is 82.9 Å². The first-order valence-electron chi connectivity index (χ1n) is 11.1. The Balaban J connectivity index is 1.36. The van der Waals surface area contributed by atoms with Crippen LogP contribution in [0, 0.1) is 25.5 Å². The van der Waals surface area contributed by atoms with Crippen molar-refractivity contribution in [1.29, 1.82) is 0 Å². The fraction of sp³-hybridized carbons (Fsp3) is 0.231. The maximum absolute atomic E-state index is 13.5. The van der Waals surface area contributed by atoms with Gasteiger partial charge in [0.05, 0.1) is 5.56 Å². The molecule has 0 bridgehead atoms.